The number of hydrogen-bond donors (Lipinski definition) is 3. The second-order valence-corrected chi connectivity index (χ2v) is 4.84. The first-order valence-corrected chi connectivity index (χ1v) is 6.27. The molecular weight excluding hydrogens is 273 g/mol. The monoisotopic (exact) mass is 288 g/mol. The topological polar surface area (TPSA) is 61.4 Å². The normalized spacial score (nSPS) is 19.1. The molecule has 4 nitrogen and oxygen atoms in total. The smallest absolute Gasteiger partial charge is 0.416 e. The Kier molecular flexibility index (Phi) is 4.17. The molecule has 0 bridgehead atoms. The lowest BCUT2D eigenvalue weighted by Crippen LogP contribution is -2.18. The molecule has 0 radical (unpaired) electrons. The van der Waals surface area contributed by atoms with E-state index in [0.29, 0.717) is 0 Å². The summed E-state index contributed by atoms with van der Waals surface area (Å²) < 4.78 is 37.7. The van der Waals surface area contributed by atoms with Gasteiger partial charge in [0, 0.05) is 6.42 Å². The van der Waals surface area contributed by atoms with Gasteiger partial charge < -0.3 is 15.7 Å². The number of nitrogens with one attached hydrogen (secondary N) is 2. The molecular formula is C13H15F3N2O2. The van der Waals surface area contributed by atoms with Crippen molar-refractivity contribution in [3.05, 3.63) is 23.8 Å². The molecule has 7 heteroatoms. The molecule has 1 saturated heterocycles. The number of halogens is 3. The van der Waals surface area contributed by atoms with E-state index in [1.807, 2.05) is 0 Å². The number of rotatable bonds is 3. The van der Waals surface area contributed by atoms with Crippen molar-refractivity contribution in [1.82, 2.24) is 5.32 Å². The Labute approximate surface area is 114 Å². The van der Waals surface area contributed by atoms with Crippen LogP contribution in [0.1, 0.15) is 18.4 Å². The van der Waals surface area contributed by atoms with Crippen LogP contribution in [0.2, 0.25) is 0 Å². The maximum atomic E-state index is 12.6. The van der Waals surface area contributed by atoms with E-state index in [-0.39, 0.29) is 23.8 Å². The summed E-state index contributed by atoms with van der Waals surface area (Å²) in [5, 5.41) is 15.0. The Bertz CT molecular complexity index is 497. The molecule has 1 fully saturated rings. The van der Waals surface area contributed by atoms with Crippen LogP contribution in [-0.2, 0) is 11.0 Å². The SMILES string of the molecule is O=C(CC1CCNC1)Nc1cc(C(F)(F)F)ccc1O. The molecule has 0 spiro atoms. The molecule has 1 unspecified atom stereocenters. The average Bonchev–Trinajstić information content (AvgIpc) is 2.83. The summed E-state index contributed by atoms with van der Waals surface area (Å²) in [7, 11) is 0. The van der Waals surface area contributed by atoms with Crippen molar-refractivity contribution in [2.75, 3.05) is 18.4 Å². The number of phenolic OH excluding ortho intramolecular Hbond substituents is 1. The molecule has 1 atom stereocenters. The zero-order valence-corrected chi connectivity index (χ0v) is 10.6. The van der Waals surface area contributed by atoms with E-state index in [1.165, 1.54) is 0 Å². The molecule has 1 heterocycles. The standard InChI is InChI=1S/C13H15F3N2O2/c14-13(15,16)9-1-2-11(19)10(6-9)18-12(20)5-8-3-4-17-7-8/h1-2,6,8,17,19H,3-5,7H2,(H,18,20). The number of benzene rings is 1. The first-order chi connectivity index (χ1) is 9.36. The van der Waals surface area contributed by atoms with Gasteiger partial charge in [-0.25, -0.2) is 0 Å². The third kappa shape index (κ3) is 3.63. The highest BCUT2D eigenvalue weighted by Crippen LogP contribution is 2.34. The number of hydrogen-bond acceptors (Lipinski definition) is 3. The Morgan fingerprint density at radius 2 is 2.20 bits per heavy atom. The van der Waals surface area contributed by atoms with E-state index in [4.69, 9.17) is 0 Å². The number of anilines is 1. The van der Waals surface area contributed by atoms with Crippen molar-refractivity contribution in [2.45, 2.75) is 19.0 Å². The Morgan fingerprint density at radius 3 is 2.80 bits per heavy atom. The van der Waals surface area contributed by atoms with Gasteiger partial charge >= 0.3 is 6.18 Å². The lowest BCUT2D eigenvalue weighted by Gasteiger charge is -2.13. The van der Waals surface area contributed by atoms with Crippen molar-refractivity contribution in [1.29, 1.82) is 0 Å². The highest BCUT2D eigenvalue weighted by molar-refractivity contribution is 5.92. The minimum Gasteiger partial charge on any atom is -0.506 e. The van der Waals surface area contributed by atoms with E-state index < -0.39 is 17.6 Å². The quantitative estimate of drug-likeness (QED) is 0.748. The summed E-state index contributed by atoms with van der Waals surface area (Å²) in [6.45, 7) is 1.56. The summed E-state index contributed by atoms with van der Waals surface area (Å²) in [6.07, 6.45) is -3.42. The molecule has 0 aliphatic carbocycles. The third-order valence-corrected chi connectivity index (χ3v) is 3.23. The zero-order valence-electron chi connectivity index (χ0n) is 10.6. The van der Waals surface area contributed by atoms with E-state index >= 15 is 0 Å². The Balaban J connectivity index is 2.06. The first kappa shape index (κ1) is 14.6. The van der Waals surface area contributed by atoms with Crippen molar-refractivity contribution < 1.29 is 23.1 Å². The Morgan fingerprint density at radius 1 is 1.45 bits per heavy atom. The van der Waals surface area contributed by atoms with Gasteiger partial charge in [0.25, 0.3) is 0 Å². The van der Waals surface area contributed by atoms with Crippen LogP contribution in [0.15, 0.2) is 18.2 Å². The van der Waals surface area contributed by atoms with E-state index in [2.05, 4.69) is 10.6 Å². The maximum absolute atomic E-state index is 12.6. The van der Waals surface area contributed by atoms with Crippen LogP contribution in [0.4, 0.5) is 18.9 Å². The highest BCUT2D eigenvalue weighted by atomic mass is 19.4. The largest absolute Gasteiger partial charge is 0.506 e. The molecule has 0 saturated carbocycles. The first-order valence-electron chi connectivity index (χ1n) is 6.27. The van der Waals surface area contributed by atoms with Gasteiger partial charge in [0.1, 0.15) is 5.75 Å². The molecule has 3 N–H and O–H groups in total. The van der Waals surface area contributed by atoms with E-state index in [0.717, 1.165) is 37.7 Å². The fourth-order valence-corrected chi connectivity index (χ4v) is 2.16. The molecule has 1 aliphatic rings. The number of phenols is 1. The molecule has 1 aliphatic heterocycles. The van der Waals surface area contributed by atoms with Gasteiger partial charge in [-0.2, -0.15) is 13.2 Å². The second kappa shape index (κ2) is 5.70. The number of carbonyl (C=O) groups is 1. The van der Waals surface area contributed by atoms with Gasteiger partial charge in [0.15, 0.2) is 0 Å². The summed E-state index contributed by atoms with van der Waals surface area (Å²) >= 11 is 0. The summed E-state index contributed by atoms with van der Waals surface area (Å²) in [4.78, 5) is 11.8. The molecule has 2 rings (SSSR count). The fraction of sp³-hybridized carbons (Fsp3) is 0.462. The average molecular weight is 288 g/mol. The van der Waals surface area contributed by atoms with Gasteiger partial charge in [-0.3, -0.25) is 4.79 Å². The van der Waals surface area contributed by atoms with Crippen molar-refractivity contribution >= 4 is 11.6 Å². The van der Waals surface area contributed by atoms with E-state index in [1.54, 1.807) is 0 Å². The minimum absolute atomic E-state index is 0.183. The summed E-state index contributed by atoms with van der Waals surface area (Å²) in [5.74, 6) is -0.591. The molecule has 1 amide bonds. The van der Waals surface area contributed by atoms with Gasteiger partial charge in [0.2, 0.25) is 5.91 Å². The Hall–Kier alpha value is -1.76. The number of carbonyl (C=O) groups excluding carboxylic acids is 1. The zero-order chi connectivity index (χ0) is 14.8. The molecule has 1 aromatic carbocycles. The molecule has 110 valence electrons. The maximum Gasteiger partial charge on any atom is 0.416 e. The van der Waals surface area contributed by atoms with Gasteiger partial charge in [-0.05, 0) is 43.6 Å². The van der Waals surface area contributed by atoms with Crippen LogP contribution in [0, 0.1) is 5.92 Å². The van der Waals surface area contributed by atoms with E-state index in [9.17, 15) is 23.1 Å². The number of amides is 1. The van der Waals surface area contributed by atoms with Crippen LogP contribution in [0.3, 0.4) is 0 Å². The fourth-order valence-electron chi connectivity index (χ4n) is 2.16. The van der Waals surface area contributed by atoms with Crippen LogP contribution in [-0.4, -0.2) is 24.1 Å². The van der Waals surface area contributed by atoms with Gasteiger partial charge in [-0.15, -0.1) is 0 Å². The van der Waals surface area contributed by atoms with Crippen LogP contribution in [0.25, 0.3) is 0 Å². The second-order valence-electron chi connectivity index (χ2n) is 4.84. The number of alkyl halides is 3. The molecule has 0 aromatic heterocycles. The van der Waals surface area contributed by atoms with Crippen molar-refractivity contribution in [2.24, 2.45) is 5.92 Å². The lowest BCUT2D eigenvalue weighted by molar-refractivity contribution is -0.137. The van der Waals surface area contributed by atoms with Gasteiger partial charge in [0.05, 0.1) is 11.3 Å². The predicted octanol–water partition coefficient (Wildman–Crippen LogP) is 2.35. The number of aromatic hydroxyl groups is 1. The van der Waals surface area contributed by atoms with Gasteiger partial charge in [-0.1, -0.05) is 0 Å². The summed E-state index contributed by atoms with van der Waals surface area (Å²) in [6, 6.07) is 2.43. The highest BCUT2D eigenvalue weighted by Gasteiger charge is 2.31. The summed E-state index contributed by atoms with van der Waals surface area (Å²) in [5.41, 5.74) is -1.12. The van der Waals surface area contributed by atoms with Crippen molar-refractivity contribution in [3.63, 3.8) is 0 Å². The van der Waals surface area contributed by atoms with Crippen LogP contribution >= 0.6 is 0 Å². The molecule has 1 aromatic rings. The van der Waals surface area contributed by atoms with Crippen LogP contribution in [0.5, 0.6) is 5.75 Å². The van der Waals surface area contributed by atoms with Crippen LogP contribution < -0.4 is 10.6 Å². The lowest BCUT2D eigenvalue weighted by atomic mass is 10.0. The van der Waals surface area contributed by atoms with Crippen molar-refractivity contribution in [3.8, 4) is 5.75 Å². The predicted molar refractivity (Wildman–Crippen MR) is 67.3 cm³/mol. The minimum atomic E-state index is -4.51. The third-order valence-electron chi connectivity index (χ3n) is 3.23. The molecule has 20 heavy (non-hydrogen) atoms.